The summed E-state index contributed by atoms with van der Waals surface area (Å²) < 4.78 is 0. The second-order valence-electron chi connectivity index (χ2n) is 4.97. The predicted molar refractivity (Wildman–Crippen MR) is 68.6 cm³/mol. The highest BCUT2D eigenvalue weighted by atomic mass is 32.2. The minimum atomic E-state index is 0.266. The number of H-pyrrole nitrogens is 1. The molecule has 2 N–H and O–H groups in total. The minimum absolute atomic E-state index is 0.266. The smallest absolute Gasteiger partial charge is 0.183 e. The summed E-state index contributed by atoms with van der Waals surface area (Å²) in [5.74, 6) is 1.01. The van der Waals surface area contributed by atoms with Gasteiger partial charge in [0, 0.05) is 11.8 Å². The van der Waals surface area contributed by atoms with Crippen molar-refractivity contribution in [2.24, 2.45) is 5.41 Å². The average molecular weight is 242 g/mol. The lowest BCUT2D eigenvalue weighted by atomic mass is 9.88. The monoisotopic (exact) mass is 242 g/mol. The van der Waals surface area contributed by atoms with E-state index in [-0.39, 0.29) is 5.41 Å². The zero-order chi connectivity index (χ0) is 12.0. The van der Waals surface area contributed by atoms with E-state index in [0.29, 0.717) is 6.04 Å². The van der Waals surface area contributed by atoms with Crippen LogP contribution < -0.4 is 5.32 Å². The van der Waals surface area contributed by atoms with E-state index in [2.05, 4.69) is 48.2 Å². The Balaban J connectivity index is 2.44. The van der Waals surface area contributed by atoms with Crippen molar-refractivity contribution in [3.05, 3.63) is 6.33 Å². The first-order valence-electron chi connectivity index (χ1n) is 5.75. The lowest BCUT2D eigenvalue weighted by molar-refractivity contribution is 0.291. The highest BCUT2D eigenvalue weighted by molar-refractivity contribution is 7.99. The highest BCUT2D eigenvalue weighted by Gasteiger charge is 2.24. The molecule has 0 saturated heterocycles. The average Bonchev–Trinajstić information content (AvgIpc) is 2.68. The Morgan fingerprint density at radius 1 is 1.50 bits per heavy atom. The van der Waals surface area contributed by atoms with E-state index in [1.54, 1.807) is 18.1 Å². The molecule has 0 bridgehead atoms. The van der Waals surface area contributed by atoms with Crippen molar-refractivity contribution in [2.75, 3.05) is 12.3 Å². The van der Waals surface area contributed by atoms with Gasteiger partial charge in [0.25, 0.3) is 0 Å². The second kappa shape index (κ2) is 6.25. The lowest BCUT2D eigenvalue weighted by Gasteiger charge is -2.31. The van der Waals surface area contributed by atoms with E-state index >= 15 is 0 Å². The van der Waals surface area contributed by atoms with Gasteiger partial charge in [-0.15, -0.1) is 0 Å². The van der Waals surface area contributed by atoms with Crippen LogP contribution in [0.2, 0.25) is 0 Å². The molecule has 5 heteroatoms. The molecule has 0 spiro atoms. The number of nitrogens with zero attached hydrogens (tertiary/aromatic N) is 2. The van der Waals surface area contributed by atoms with Gasteiger partial charge in [-0.2, -0.15) is 5.10 Å². The number of rotatable bonds is 6. The Hall–Kier alpha value is -0.550. The summed E-state index contributed by atoms with van der Waals surface area (Å²) in [6, 6.07) is 0.488. The molecule has 1 atom stereocenters. The Labute approximate surface area is 102 Å². The third kappa shape index (κ3) is 4.53. The van der Waals surface area contributed by atoms with Crippen molar-refractivity contribution in [2.45, 2.75) is 45.3 Å². The van der Waals surface area contributed by atoms with Crippen LogP contribution in [0, 0.1) is 5.41 Å². The maximum atomic E-state index is 4.12. The van der Waals surface area contributed by atoms with Gasteiger partial charge in [0.2, 0.25) is 0 Å². The third-order valence-corrected chi connectivity index (χ3v) is 3.44. The number of hydrogen-bond donors (Lipinski definition) is 2. The molecule has 0 aromatic carbocycles. The predicted octanol–water partition coefficient (Wildman–Crippen LogP) is 2.31. The first-order chi connectivity index (χ1) is 7.54. The van der Waals surface area contributed by atoms with E-state index in [1.807, 2.05) is 0 Å². The first kappa shape index (κ1) is 13.5. The molecule has 92 valence electrons. The van der Waals surface area contributed by atoms with Crippen LogP contribution in [0.15, 0.2) is 11.5 Å². The molecule has 4 nitrogen and oxygen atoms in total. The molecule has 1 aromatic heterocycles. The number of nitrogens with one attached hydrogen (secondary N) is 2. The fourth-order valence-electron chi connectivity index (χ4n) is 1.36. The summed E-state index contributed by atoms with van der Waals surface area (Å²) >= 11 is 1.72. The Morgan fingerprint density at radius 2 is 2.25 bits per heavy atom. The molecular formula is C11H22N4S. The maximum Gasteiger partial charge on any atom is 0.183 e. The topological polar surface area (TPSA) is 53.6 Å². The van der Waals surface area contributed by atoms with Crippen molar-refractivity contribution in [3.63, 3.8) is 0 Å². The number of thioether (sulfide) groups is 1. The summed E-state index contributed by atoms with van der Waals surface area (Å²) in [6.45, 7) is 10.1. The number of aromatic nitrogens is 3. The van der Waals surface area contributed by atoms with Crippen LogP contribution in [0.4, 0.5) is 0 Å². The van der Waals surface area contributed by atoms with E-state index in [0.717, 1.165) is 17.5 Å². The summed E-state index contributed by atoms with van der Waals surface area (Å²) in [4.78, 5) is 4.12. The van der Waals surface area contributed by atoms with Crippen molar-refractivity contribution in [3.8, 4) is 0 Å². The fraction of sp³-hybridized carbons (Fsp3) is 0.818. The molecule has 16 heavy (non-hydrogen) atoms. The summed E-state index contributed by atoms with van der Waals surface area (Å²) in [6.07, 6.45) is 2.72. The molecule has 1 unspecified atom stereocenters. The number of aromatic amines is 1. The molecule has 0 radical (unpaired) electrons. The van der Waals surface area contributed by atoms with Crippen molar-refractivity contribution < 1.29 is 0 Å². The molecule has 0 aliphatic heterocycles. The molecule has 0 amide bonds. The van der Waals surface area contributed by atoms with Crippen LogP contribution in [-0.2, 0) is 0 Å². The van der Waals surface area contributed by atoms with Crippen LogP contribution in [-0.4, -0.2) is 33.5 Å². The fourth-order valence-corrected chi connectivity index (χ4v) is 2.54. The van der Waals surface area contributed by atoms with E-state index in [9.17, 15) is 0 Å². The van der Waals surface area contributed by atoms with Crippen LogP contribution in [0.5, 0.6) is 0 Å². The van der Waals surface area contributed by atoms with Gasteiger partial charge >= 0.3 is 0 Å². The van der Waals surface area contributed by atoms with Gasteiger partial charge < -0.3 is 5.32 Å². The molecule has 1 rings (SSSR count). The van der Waals surface area contributed by atoms with E-state index in [4.69, 9.17) is 0 Å². The van der Waals surface area contributed by atoms with Gasteiger partial charge in [0.1, 0.15) is 6.33 Å². The Morgan fingerprint density at radius 3 is 2.75 bits per heavy atom. The minimum Gasteiger partial charge on any atom is -0.313 e. The van der Waals surface area contributed by atoms with E-state index < -0.39 is 0 Å². The lowest BCUT2D eigenvalue weighted by Crippen LogP contribution is -2.42. The molecule has 0 fully saturated rings. The van der Waals surface area contributed by atoms with Crippen LogP contribution in [0.1, 0.15) is 34.1 Å². The molecule has 1 heterocycles. The van der Waals surface area contributed by atoms with Crippen molar-refractivity contribution >= 4 is 11.8 Å². The van der Waals surface area contributed by atoms with Gasteiger partial charge in [-0.05, 0) is 18.4 Å². The van der Waals surface area contributed by atoms with Gasteiger partial charge in [-0.3, -0.25) is 5.10 Å². The van der Waals surface area contributed by atoms with Gasteiger partial charge in [-0.1, -0.05) is 39.5 Å². The van der Waals surface area contributed by atoms with Crippen LogP contribution >= 0.6 is 11.8 Å². The third-order valence-electron chi connectivity index (χ3n) is 2.47. The SMILES string of the molecule is CCCNC(CSc1ncn[nH]1)C(C)(C)C. The van der Waals surface area contributed by atoms with Gasteiger partial charge in [-0.25, -0.2) is 4.98 Å². The van der Waals surface area contributed by atoms with Crippen molar-refractivity contribution in [1.29, 1.82) is 0 Å². The number of hydrogen-bond acceptors (Lipinski definition) is 4. The molecule has 0 aliphatic rings. The Kier molecular flexibility index (Phi) is 5.28. The van der Waals surface area contributed by atoms with E-state index in [1.165, 1.54) is 6.42 Å². The molecule has 0 aliphatic carbocycles. The summed E-state index contributed by atoms with van der Waals surface area (Å²) in [5.41, 5.74) is 0.266. The standard InChI is InChI=1S/C11H22N4S/c1-5-6-12-9(11(2,3)4)7-16-10-13-8-14-15-10/h8-9,12H,5-7H2,1-4H3,(H,13,14,15). The van der Waals surface area contributed by atoms with Crippen LogP contribution in [0.3, 0.4) is 0 Å². The quantitative estimate of drug-likeness (QED) is 0.752. The second-order valence-corrected chi connectivity index (χ2v) is 5.98. The molecule has 1 aromatic rings. The molecule has 0 saturated carbocycles. The van der Waals surface area contributed by atoms with Gasteiger partial charge in [0.05, 0.1) is 0 Å². The summed E-state index contributed by atoms with van der Waals surface area (Å²) in [7, 11) is 0. The maximum absolute atomic E-state index is 4.12. The van der Waals surface area contributed by atoms with Gasteiger partial charge in [0.15, 0.2) is 5.16 Å². The molecular weight excluding hydrogens is 220 g/mol. The van der Waals surface area contributed by atoms with Crippen LogP contribution in [0.25, 0.3) is 0 Å². The zero-order valence-electron chi connectivity index (χ0n) is 10.6. The first-order valence-corrected chi connectivity index (χ1v) is 6.74. The normalized spacial score (nSPS) is 14.0. The zero-order valence-corrected chi connectivity index (χ0v) is 11.4. The highest BCUT2D eigenvalue weighted by Crippen LogP contribution is 2.24. The van der Waals surface area contributed by atoms with Crippen molar-refractivity contribution in [1.82, 2.24) is 20.5 Å². The largest absolute Gasteiger partial charge is 0.313 e. The Bertz CT molecular complexity index is 279. The summed E-state index contributed by atoms with van der Waals surface area (Å²) in [5, 5.41) is 11.2.